The summed E-state index contributed by atoms with van der Waals surface area (Å²) in [6.07, 6.45) is 5.34. The summed E-state index contributed by atoms with van der Waals surface area (Å²) in [5, 5.41) is 11.7. The van der Waals surface area contributed by atoms with E-state index in [2.05, 4.69) is 48.4 Å². The van der Waals surface area contributed by atoms with Crippen LogP contribution in [-0.4, -0.2) is 35.6 Å². The summed E-state index contributed by atoms with van der Waals surface area (Å²) in [5.74, 6) is 0. The van der Waals surface area contributed by atoms with Gasteiger partial charge < -0.3 is 15.2 Å². The highest BCUT2D eigenvalue weighted by atomic mass is 32.1. The van der Waals surface area contributed by atoms with Gasteiger partial charge in [0.15, 0.2) is 0 Å². The minimum Gasteiger partial charge on any atom is -0.392 e. The molecule has 1 unspecified atom stereocenters. The first kappa shape index (κ1) is 21.5. The molecule has 0 amide bonds. The molecule has 0 aliphatic carbocycles. The molecule has 0 radical (unpaired) electrons. The average molecular weight is 363 g/mol. The summed E-state index contributed by atoms with van der Waals surface area (Å²) in [6.45, 7) is 7.52. The van der Waals surface area contributed by atoms with E-state index in [9.17, 15) is 0 Å². The van der Waals surface area contributed by atoms with Gasteiger partial charge in [0.1, 0.15) is 6.29 Å². The maximum atomic E-state index is 8.81. The van der Waals surface area contributed by atoms with E-state index >= 15 is 0 Å². The van der Waals surface area contributed by atoms with Crippen molar-refractivity contribution in [3.8, 4) is 10.4 Å². The molecule has 5 heteroatoms. The van der Waals surface area contributed by atoms with Gasteiger partial charge in [-0.25, -0.2) is 4.98 Å². The number of aliphatic hydroxyl groups excluding tert-OH is 1. The van der Waals surface area contributed by atoms with Gasteiger partial charge in [0.05, 0.1) is 22.2 Å². The molecule has 2 aromatic rings. The Kier molecular flexibility index (Phi) is 11.0. The van der Waals surface area contributed by atoms with Crippen LogP contribution in [0.3, 0.4) is 0 Å². The zero-order valence-electron chi connectivity index (χ0n) is 15.5. The van der Waals surface area contributed by atoms with Gasteiger partial charge in [-0.05, 0) is 50.8 Å². The molecule has 1 aromatic carbocycles. The summed E-state index contributed by atoms with van der Waals surface area (Å²) >= 11 is 1.72. The van der Waals surface area contributed by atoms with Crippen LogP contribution in [0.4, 0.5) is 0 Å². The largest absolute Gasteiger partial charge is 0.392 e. The summed E-state index contributed by atoms with van der Waals surface area (Å²) in [5.41, 5.74) is 5.77. The highest BCUT2D eigenvalue weighted by molar-refractivity contribution is 7.13. The lowest BCUT2D eigenvalue weighted by Gasteiger charge is -2.02. The molecule has 0 saturated carbocycles. The molecule has 0 bridgehead atoms. The van der Waals surface area contributed by atoms with Crippen molar-refractivity contribution >= 4 is 17.6 Å². The van der Waals surface area contributed by atoms with Crippen LogP contribution in [0.1, 0.15) is 44.4 Å². The van der Waals surface area contributed by atoms with Crippen molar-refractivity contribution < 1.29 is 9.90 Å². The zero-order chi connectivity index (χ0) is 18.5. The fraction of sp³-hybridized carbons (Fsp3) is 0.500. The Labute approximate surface area is 155 Å². The fourth-order valence-corrected chi connectivity index (χ4v) is 3.23. The molecule has 3 rings (SSSR count). The maximum absolute atomic E-state index is 8.81. The highest BCUT2D eigenvalue weighted by Crippen LogP contribution is 2.27. The predicted octanol–water partition coefficient (Wildman–Crippen LogP) is 4.01. The topological polar surface area (TPSA) is 62.2 Å². The van der Waals surface area contributed by atoms with E-state index in [1.54, 1.807) is 11.3 Å². The number of benzene rings is 1. The molecule has 1 fully saturated rings. The second-order valence-electron chi connectivity index (χ2n) is 5.95. The van der Waals surface area contributed by atoms with Crippen molar-refractivity contribution in [2.24, 2.45) is 0 Å². The normalized spacial score (nSPS) is 15.6. The first-order valence-corrected chi connectivity index (χ1v) is 9.78. The molecular formula is C20H30N2O2S. The lowest BCUT2D eigenvalue weighted by atomic mass is 10.1. The van der Waals surface area contributed by atoms with Gasteiger partial charge in [-0.2, -0.15) is 0 Å². The number of aryl methyl sites for hydroxylation is 2. The standard InChI is InChI=1S/C14H17NS.C4H9NO.C2H4O/c1-3-4-5-12-6-8-13(9-7-12)14-11(2)15-10-16-14;6-4-1-2-5-3-4;1-2-3/h6-10H,3-5H2,1-2H3;4-6H,1-3H2;2H,1H3. The van der Waals surface area contributed by atoms with Crippen LogP contribution in [0.15, 0.2) is 29.8 Å². The molecule has 138 valence electrons. The molecule has 0 spiro atoms. The number of unbranched alkanes of at least 4 members (excludes halogenated alkanes) is 1. The van der Waals surface area contributed by atoms with Crippen LogP contribution in [-0.2, 0) is 11.2 Å². The van der Waals surface area contributed by atoms with Gasteiger partial charge in [-0.15, -0.1) is 11.3 Å². The molecule has 25 heavy (non-hydrogen) atoms. The molecule has 2 N–H and O–H groups in total. The van der Waals surface area contributed by atoms with E-state index in [1.165, 1.54) is 42.2 Å². The summed E-state index contributed by atoms with van der Waals surface area (Å²) < 4.78 is 0. The Morgan fingerprint density at radius 2 is 2.04 bits per heavy atom. The SMILES string of the molecule is CC=O.CCCCc1ccc(-c2scnc2C)cc1.OC1CCNC1. The highest BCUT2D eigenvalue weighted by Gasteiger charge is 2.08. The number of thiazole rings is 1. The van der Waals surface area contributed by atoms with Crippen molar-refractivity contribution in [3.05, 3.63) is 41.0 Å². The number of hydrogen-bond acceptors (Lipinski definition) is 5. The van der Waals surface area contributed by atoms with Crippen molar-refractivity contribution in [1.82, 2.24) is 10.3 Å². The number of aromatic nitrogens is 1. The number of carbonyl (C=O) groups excluding carboxylic acids is 1. The number of carbonyl (C=O) groups is 1. The van der Waals surface area contributed by atoms with Crippen molar-refractivity contribution in [3.63, 3.8) is 0 Å². The Morgan fingerprint density at radius 1 is 1.36 bits per heavy atom. The summed E-state index contributed by atoms with van der Waals surface area (Å²) in [6, 6.07) is 8.91. The van der Waals surface area contributed by atoms with Crippen LogP contribution in [0.25, 0.3) is 10.4 Å². The van der Waals surface area contributed by atoms with E-state index in [0.29, 0.717) is 0 Å². The third kappa shape index (κ3) is 8.38. The van der Waals surface area contributed by atoms with Gasteiger partial charge in [0.25, 0.3) is 0 Å². The molecular weight excluding hydrogens is 332 g/mol. The molecule has 1 aliphatic heterocycles. The quantitative estimate of drug-likeness (QED) is 0.807. The number of nitrogens with one attached hydrogen (secondary N) is 1. The first-order valence-electron chi connectivity index (χ1n) is 8.90. The van der Waals surface area contributed by atoms with Crippen LogP contribution >= 0.6 is 11.3 Å². The maximum Gasteiger partial charge on any atom is 0.116 e. The Hall–Kier alpha value is -1.56. The van der Waals surface area contributed by atoms with Crippen LogP contribution in [0, 0.1) is 6.92 Å². The number of rotatable bonds is 4. The fourth-order valence-electron chi connectivity index (χ4n) is 2.42. The molecule has 2 heterocycles. The molecule has 4 nitrogen and oxygen atoms in total. The Bertz CT molecular complexity index is 590. The van der Waals surface area contributed by atoms with Crippen molar-refractivity contribution in [2.45, 2.75) is 52.6 Å². The smallest absolute Gasteiger partial charge is 0.116 e. The molecule has 1 aromatic heterocycles. The number of hydrogen-bond donors (Lipinski definition) is 2. The number of aldehydes is 1. The van der Waals surface area contributed by atoms with Crippen molar-refractivity contribution in [2.75, 3.05) is 13.1 Å². The third-order valence-corrected chi connectivity index (χ3v) is 4.79. The average Bonchev–Trinajstić information content (AvgIpc) is 3.26. The Morgan fingerprint density at radius 3 is 2.44 bits per heavy atom. The summed E-state index contributed by atoms with van der Waals surface area (Å²) in [4.78, 5) is 14.4. The predicted molar refractivity (Wildman–Crippen MR) is 106 cm³/mol. The number of nitrogens with zero attached hydrogens (tertiary/aromatic N) is 1. The van der Waals surface area contributed by atoms with E-state index in [1.807, 2.05) is 5.51 Å². The van der Waals surface area contributed by atoms with Gasteiger partial charge in [0, 0.05) is 6.54 Å². The van der Waals surface area contributed by atoms with Gasteiger partial charge in [0.2, 0.25) is 0 Å². The molecule has 1 aliphatic rings. The number of β-amino-alcohol motifs (C(OH)–C–C–N with tert-alkyl or cyclic N) is 1. The second kappa shape index (κ2) is 12.8. The van der Waals surface area contributed by atoms with Gasteiger partial charge in [-0.3, -0.25) is 0 Å². The first-order chi connectivity index (χ1) is 12.1. The Balaban J connectivity index is 0.000000287. The molecule has 1 atom stereocenters. The van der Waals surface area contributed by atoms with Gasteiger partial charge >= 0.3 is 0 Å². The van der Waals surface area contributed by atoms with E-state index in [4.69, 9.17) is 9.90 Å². The van der Waals surface area contributed by atoms with Crippen molar-refractivity contribution in [1.29, 1.82) is 0 Å². The molecule has 1 saturated heterocycles. The number of aliphatic hydroxyl groups is 1. The van der Waals surface area contributed by atoms with E-state index in [-0.39, 0.29) is 6.10 Å². The third-order valence-electron chi connectivity index (χ3n) is 3.81. The minimum absolute atomic E-state index is 0.0648. The lowest BCUT2D eigenvalue weighted by Crippen LogP contribution is -2.11. The van der Waals surface area contributed by atoms with Crippen LogP contribution in [0.2, 0.25) is 0 Å². The van der Waals surface area contributed by atoms with E-state index < -0.39 is 0 Å². The monoisotopic (exact) mass is 362 g/mol. The lowest BCUT2D eigenvalue weighted by molar-refractivity contribution is -0.106. The minimum atomic E-state index is -0.0648. The second-order valence-corrected chi connectivity index (χ2v) is 6.80. The zero-order valence-corrected chi connectivity index (χ0v) is 16.3. The van der Waals surface area contributed by atoms with Crippen LogP contribution in [0.5, 0.6) is 0 Å². The van der Waals surface area contributed by atoms with Gasteiger partial charge in [-0.1, -0.05) is 37.6 Å². The van der Waals surface area contributed by atoms with E-state index in [0.717, 1.165) is 31.5 Å². The summed E-state index contributed by atoms with van der Waals surface area (Å²) in [7, 11) is 0. The van der Waals surface area contributed by atoms with Crippen LogP contribution < -0.4 is 5.32 Å².